The molecule has 0 aliphatic carbocycles. The number of hydrogen-bond acceptors (Lipinski definition) is 3. The third kappa shape index (κ3) is 3.82. The number of benzene rings is 3. The van der Waals surface area contributed by atoms with Gasteiger partial charge in [0, 0.05) is 11.1 Å². The lowest BCUT2D eigenvalue weighted by molar-refractivity contribution is 0.101. The first kappa shape index (κ1) is 18.0. The first-order chi connectivity index (χ1) is 13.6. The lowest BCUT2D eigenvalue weighted by atomic mass is 10.1. The highest BCUT2D eigenvalue weighted by Gasteiger charge is 2.15. The van der Waals surface area contributed by atoms with Crippen molar-refractivity contribution >= 4 is 17.4 Å². The Kier molecular flexibility index (Phi) is 4.96. The van der Waals surface area contributed by atoms with Gasteiger partial charge in [-0.3, -0.25) is 4.79 Å². The van der Waals surface area contributed by atoms with E-state index < -0.39 is 5.82 Å². The smallest absolute Gasteiger partial charge is 0.228 e. The Labute approximate surface area is 166 Å². The van der Waals surface area contributed by atoms with Gasteiger partial charge in [0.1, 0.15) is 23.1 Å². The van der Waals surface area contributed by atoms with Crippen molar-refractivity contribution in [3.63, 3.8) is 0 Å². The Bertz CT molecular complexity index is 1120. The van der Waals surface area contributed by atoms with Crippen molar-refractivity contribution in [2.45, 2.75) is 0 Å². The molecule has 1 aromatic heterocycles. The predicted molar refractivity (Wildman–Crippen MR) is 106 cm³/mol. The summed E-state index contributed by atoms with van der Waals surface area (Å²) in [6.45, 7) is 0. The number of ether oxygens (including phenoxy) is 1. The van der Waals surface area contributed by atoms with Crippen molar-refractivity contribution in [3.8, 4) is 22.8 Å². The van der Waals surface area contributed by atoms with Gasteiger partial charge in [-0.25, -0.2) is 4.39 Å². The molecular weight excluding hydrogens is 379 g/mol. The highest BCUT2D eigenvalue weighted by Crippen LogP contribution is 2.28. The van der Waals surface area contributed by atoms with E-state index >= 15 is 0 Å². The highest BCUT2D eigenvalue weighted by molar-refractivity contribution is 6.31. The van der Waals surface area contributed by atoms with Crippen molar-refractivity contribution < 1.29 is 18.3 Å². The average molecular weight is 393 g/mol. The molecule has 0 radical (unpaired) electrons. The monoisotopic (exact) mass is 392 g/mol. The minimum atomic E-state index is -0.508. The molecule has 0 saturated carbocycles. The van der Waals surface area contributed by atoms with Gasteiger partial charge < -0.3 is 9.15 Å². The summed E-state index contributed by atoms with van der Waals surface area (Å²) in [6, 6.07) is 23.7. The summed E-state index contributed by atoms with van der Waals surface area (Å²) in [5.74, 6) is 1.21. The third-order valence-electron chi connectivity index (χ3n) is 4.13. The van der Waals surface area contributed by atoms with Crippen LogP contribution in [0.5, 0.6) is 11.5 Å². The Hall–Kier alpha value is -3.37. The zero-order chi connectivity index (χ0) is 19.5. The van der Waals surface area contributed by atoms with E-state index in [0.29, 0.717) is 22.6 Å². The number of para-hydroxylation sites is 1. The lowest BCUT2D eigenvalue weighted by Gasteiger charge is -2.06. The highest BCUT2D eigenvalue weighted by atomic mass is 35.5. The zero-order valence-electron chi connectivity index (χ0n) is 14.6. The third-order valence-corrected chi connectivity index (χ3v) is 4.42. The van der Waals surface area contributed by atoms with Crippen LogP contribution in [-0.4, -0.2) is 5.78 Å². The number of carbonyl (C=O) groups is 1. The predicted octanol–water partition coefficient (Wildman–Crippen LogP) is 6.76. The number of furan rings is 1. The molecule has 4 aromatic rings. The molecule has 0 amide bonds. The van der Waals surface area contributed by atoms with Gasteiger partial charge in [0.15, 0.2) is 5.76 Å². The fraction of sp³-hybridized carbons (Fsp3) is 0. The van der Waals surface area contributed by atoms with Gasteiger partial charge in [-0.15, -0.1) is 0 Å². The number of carbonyl (C=O) groups excluding carboxylic acids is 1. The quantitative estimate of drug-likeness (QED) is 0.352. The maximum absolute atomic E-state index is 13.3. The normalized spacial score (nSPS) is 10.6. The van der Waals surface area contributed by atoms with Gasteiger partial charge in [-0.2, -0.15) is 0 Å². The summed E-state index contributed by atoms with van der Waals surface area (Å²) in [6.07, 6.45) is 0. The van der Waals surface area contributed by atoms with Gasteiger partial charge in [0.05, 0.1) is 5.02 Å². The van der Waals surface area contributed by atoms with Crippen LogP contribution in [0.2, 0.25) is 5.02 Å². The SMILES string of the molecule is O=C(c1ccc(Oc2ccccc2)cc1)c1ccc(-c2ccc(F)c(Cl)c2)o1. The van der Waals surface area contributed by atoms with E-state index in [0.717, 1.165) is 5.75 Å². The van der Waals surface area contributed by atoms with Gasteiger partial charge >= 0.3 is 0 Å². The molecule has 4 rings (SSSR count). The molecule has 3 aromatic carbocycles. The molecule has 28 heavy (non-hydrogen) atoms. The van der Waals surface area contributed by atoms with Crippen LogP contribution in [0.3, 0.4) is 0 Å². The van der Waals surface area contributed by atoms with Crippen molar-refractivity contribution in [2.75, 3.05) is 0 Å². The van der Waals surface area contributed by atoms with Crippen molar-refractivity contribution in [1.29, 1.82) is 0 Å². The molecule has 138 valence electrons. The molecule has 5 heteroatoms. The molecule has 0 aliphatic rings. The second-order valence-electron chi connectivity index (χ2n) is 6.06. The van der Waals surface area contributed by atoms with E-state index in [2.05, 4.69) is 0 Å². The summed E-state index contributed by atoms with van der Waals surface area (Å²) in [7, 11) is 0. The molecule has 0 spiro atoms. The van der Waals surface area contributed by atoms with Gasteiger partial charge in [-0.05, 0) is 66.7 Å². The van der Waals surface area contributed by atoms with Crippen LogP contribution >= 0.6 is 11.6 Å². The molecule has 0 atom stereocenters. The Morgan fingerprint density at radius 3 is 2.29 bits per heavy atom. The molecule has 3 nitrogen and oxygen atoms in total. The summed E-state index contributed by atoms with van der Waals surface area (Å²) >= 11 is 5.81. The van der Waals surface area contributed by atoms with Crippen molar-refractivity contribution in [2.24, 2.45) is 0 Å². The van der Waals surface area contributed by atoms with E-state index in [-0.39, 0.29) is 16.6 Å². The Balaban J connectivity index is 1.51. The number of ketones is 1. The molecule has 0 N–H and O–H groups in total. The fourth-order valence-corrected chi connectivity index (χ4v) is 2.89. The molecule has 1 heterocycles. The summed E-state index contributed by atoms with van der Waals surface area (Å²) in [5, 5.41) is -0.00391. The van der Waals surface area contributed by atoms with Crippen LogP contribution in [0.25, 0.3) is 11.3 Å². The van der Waals surface area contributed by atoms with Gasteiger partial charge in [0.2, 0.25) is 5.78 Å². The first-order valence-corrected chi connectivity index (χ1v) is 8.91. The topological polar surface area (TPSA) is 39.4 Å². The second-order valence-corrected chi connectivity index (χ2v) is 6.47. The average Bonchev–Trinajstić information content (AvgIpc) is 3.21. The fourth-order valence-electron chi connectivity index (χ4n) is 2.71. The number of hydrogen-bond donors (Lipinski definition) is 0. The number of halogens is 2. The maximum Gasteiger partial charge on any atom is 0.228 e. The van der Waals surface area contributed by atoms with Crippen LogP contribution in [0, 0.1) is 5.82 Å². The summed E-state index contributed by atoms with van der Waals surface area (Å²) < 4.78 is 24.7. The Morgan fingerprint density at radius 2 is 1.57 bits per heavy atom. The number of rotatable bonds is 5. The minimum absolute atomic E-state index is 0.00391. The van der Waals surface area contributed by atoms with Crippen LogP contribution < -0.4 is 4.74 Å². The van der Waals surface area contributed by atoms with E-state index in [1.807, 2.05) is 30.3 Å². The summed E-state index contributed by atoms with van der Waals surface area (Å²) in [4.78, 5) is 12.7. The van der Waals surface area contributed by atoms with E-state index in [4.69, 9.17) is 20.8 Å². The molecule has 0 fully saturated rings. The second kappa shape index (κ2) is 7.71. The molecule has 0 bridgehead atoms. The van der Waals surface area contributed by atoms with Crippen LogP contribution in [0.15, 0.2) is 89.3 Å². The Morgan fingerprint density at radius 1 is 0.857 bits per heavy atom. The van der Waals surface area contributed by atoms with Gasteiger partial charge in [-0.1, -0.05) is 29.8 Å². The van der Waals surface area contributed by atoms with Crippen LogP contribution in [-0.2, 0) is 0 Å². The largest absolute Gasteiger partial charge is 0.457 e. The van der Waals surface area contributed by atoms with E-state index in [1.165, 1.54) is 12.1 Å². The van der Waals surface area contributed by atoms with Gasteiger partial charge in [0.25, 0.3) is 0 Å². The lowest BCUT2D eigenvalue weighted by Crippen LogP contribution is -1.99. The van der Waals surface area contributed by atoms with E-state index in [1.54, 1.807) is 42.5 Å². The van der Waals surface area contributed by atoms with Crippen molar-refractivity contribution in [1.82, 2.24) is 0 Å². The molecule has 0 unspecified atom stereocenters. The van der Waals surface area contributed by atoms with Crippen LogP contribution in [0.4, 0.5) is 4.39 Å². The maximum atomic E-state index is 13.3. The van der Waals surface area contributed by atoms with Crippen LogP contribution in [0.1, 0.15) is 16.1 Å². The zero-order valence-corrected chi connectivity index (χ0v) is 15.3. The van der Waals surface area contributed by atoms with E-state index in [9.17, 15) is 9.18 Å². The molecule has 0 saturated heterocycles. The van der Waals surface area contributed by atoms with Crippen molar-refractivity contribution in [3.05, 3.63) is 107 Å². The molecular formula is C23H14ClFO3. The summed E-state index contributed by atoms with van der Waals surface area (Å²) in [5.41, 5.74) is 1.07. The first-order valence-electron chi connectivity index (χ1n) is 8.53. The standard InChI is InChI=1S/C23H14ClFO3/c24-19-14-16(8-11-20(19)25)21-12-13-22(28-21)23(26)15-6-9-18(10-7-15)27-17-4-2-1-3-5-17/h1-14H. The molecule has 0 aliphatic heterocycles. The minimum Gasteiger partial charge on any atom is -0.457 e.